The maximum Gasteiger partial charge on any atom is 0.266 e. The molecule has 1 saturated heterocycles. The number of Topliss-reactive ketones (excluding diaryl/α,β-unsaturated/α-hetero) is 1. The van der Waals surface area contributed by atoms with Gasteiger partial charge in [-0.3, -0.25) is 9.59 Å². The highest BCUT2D eigenvalue weighted by molar-refractivity contribution is 7.89. The van der Waals surface area contributed by atoms with Crippen molar-refractivity contribution in [3.05, 3.63) is 57.8 Å². The number of rotatable bonds is 5. The van der Waals surface area contributed by atoms with E-state index in [2.05, 4.69) is 0 Å². The van der Waals surface area contributed by atoms with Crippen LogP contribution in [0, 0.1) is 11.7 Å². The molecule has 0 radical (unpaired) electrons. The Bertz CT molecular complexity index is 1090. The van der Waals surface area contributed by atoms with E-state index in [1.54, 1.807) is 0 Å². The van der Waals surface area contributed by atoms with E-state index in [-0.39, 0.29) is 40.7 Å². The average Bonchev–Trinajstić information content (AvgIpc) is 2.84. The summed E-state index contributed by atoms with van der Waals surface area (Å²) in [5.74, 6) is -2.37. The van der Waals surface area contributed by atoms with E-state index in [1.807, 2.05) is 0 Å². The number of hydrogen-bond acceptors (Lipinski definition) is 5. The van der Waals surface area contributed by atoms with Crippen LogP contribution in [0.5, 0.6) is 5.75 Å². The highest BCUT2D eigenvalue weighted by Crippen LogP contribution is 2.32. The SMILES string of the molecule is COc1cc(Cl)c(F)cc1CC1CCC(=O)CN(S(=O)(=O)c2ccc(Cl)cc2)C1=O. The highest BCUT2D eigenvalue weighted by atomic mass is 35.5. The van der Waals surface area contributed by atoms with E-state index in [1.165, 1.54) is 37.4 Å². The van der Waals surface area contributed by atoms with Crippen LogP contribution in [0.4, 0.5) is 4.39 Å². The Kier molecular flexibility index (Phi) is 6.69. The van der Waals surface area contributed by atoms with E-state index in [0.717, 1.165) is 6.07 Å². The molecule has 3 rings (SSSR count). The molecule has 30 heavy (non-hydrogen) atoms. The second-order valence-electron chi connectivity index (χ2n) is 6.86. The van der Waals surface area contributed by atoms with E-state index < -0.39 is 34.2 Å². The number of benzene rings is 2. The Balaban J connectivity index is 1.96. The number of hydrogen-bond donors (Lipinski definition) is 0. The van der Waals surface area contributed by atoms with Crippen LogP contribution in [0.15, 0.2) is 41.3 Å². The maximum atomic E-state index is 14.0. The molecule has 2 aromatic rings. The summed E-state index contributed by atoms with van der Waals surface area (Å²) in [6, 6.07) is 7.76. The van der Waals surface area contributed by atoms with Crippen molar-refractivity contribution in [3.63, 3.8) is 0 Å². The molecule has 0 saturated carbocycles. The molecule has 1 unspecified atom stereocenters. The van der Waals surface area contributed by atoms with Gasteiger partial charge in [0.15, 0.2) is 5.78 Å². The monoisotopic (exact) mass is 473 g/mol. The van der Waals surface area contributed by atoms with Crippen molar-refractivity contribution in [1.29, 1.82) is 0 Å². The molecular formula is C20H18Cl2FNO5S. The second kappa shape index (κ2) is 8.91. The van der Waals surface area contributed by atoms with Gasteiger partial charge in [0.05, 0.1) is 23.6 Å². The molecule has 0 bridgehead atoms. The summed E-state index contributed by atoms with van der Waals surface area (Å²) in [6.07, 6.45) is 0.162. The van der Waals surface area contributed by atoms with Gasteiger partial charge in [-0.1, -0.05) is 23.2 Å². The third kappa shape index (κ3) is 4.61. The van der Waals surface area contributed by atoms with E-state index in [4.69, 9.17) is 27.9 Å². The van der Waals surface area contributed by atoms with Gasteiger partial charge in [-0.05, 0) is 48.7 Å². The van der Waals surface area contributed by atoms with Gasteiger partial charge >= 0.3 is 0 Å². The minimum Gasteiger partial charge on any atom is -0.496 e. The average molecular weight is 474 g/mol. The third-order valence-corrected chi connectivity index (χ3v) is 7.18. The topological polar surface area (TPSA) is 80.8 Å². The van der Waals surface area contributed by atoms with E-state index in [0.29, 0.717) is 14.9 Å². The largest absolute Gasteiger partial charge is 0.496 e. The van der Waals surface area contributed by atoms with Crippen LogP contribution in [-0.4, -0.2) is 38.1 Å². The predicted molar refractivity (Wildman–Crippen MR) is 110 cm³/mol. The maximum absolute atomic E-state index is 14.0. The fourth-order valence-corrected chi connectivity index (χ4v) is 5.00. The highest BCUT2D eigenvalue weighted by Gasteiger charge is 2.38. The Hall–Kier alpha value is -2.16. The number of carbonyl (C=O) groups is 2. The lowest BCUT2D eigenvalue weighted by atomic mass is 9.93. The van der Waals surface area contributed by atoms with Crippen molar-refractivity contribution in [1.82, 2.24) is 4.31 Å². The van der Waals surface area contributed by atoms with Gasteiger partial charge in [-0.15, -0.1) is 0 Å². The summed E-state index contributed by atoms with van der Waals surface area (Å²) < 4.78 is 45.8. The summed E-state index contributed by atoms with van der Waals surface area (Å²) in [6.45, 7) is -0.549. The van der Waals surface area contributed by atoms with Crippen LogP contribution in [0.1, 0.15) is 18.4 Å². The molecule has 1 fully saturated rings. The summed E-state index contributed by atoms with van der Waals surface area (Å²) >= 11 is 11.6. The van der Waals surface area contributed by atoms with Gasteiger partial charge in [-0.25, -0.2) is 17.1 Å². The van der Waals surface area contributed by atoms with Crippen LogP contribution in [0.2, 0.25) is 10.0 Å². The molecule has 2 aromatic carbocycles. The normalized spacial score (nSPS) is 17.7. The van der Waals surface area contributed by atoms with E-state index >= 15 is 0 Å². The van der Waals surface area contributed by atoms with Crippen LogP contribution >= 0.6 is 23.2 Å². The first-order valence-electron chi connectivity index (χ1n) is 8.99. The zero-order valence-corrected chi connectivity index (χ0v) is 18.2. The van der Waals surface area contributed by atoms with Gasteiger partial charge in [0.1, 0.15) is 11.6 Å². The first-order chi connectivity index (χ1) is 14.1. The van der Waals surface area contributed by atoms with Gasteiger partial charge in [0.25, 0.3) is 10.0 Å². The first kappa shape index (κ1) is 22.5. The number of methoxy groups -OCH3 is 1. The van der Waals surface area contributed by atoms with Gasteiger partial charge in [0.2, 0.25) is 5.91 Å². The third-order valence-electron chi connectivity index (χ3n) is 4.88. The Morgan fingerprint density at radius 3 is 2.47 bits per heavy atom. The number of amides is 1. The number of carbonyl (C=O) groups excluding carboxylic acids is 2. The standard InChI is InChI=1S/C20H18Cl2FNO5S/c1-29-19-10-17(22)18(23)9-13(19)8-12-2-5-15(25)11-24(20(12)26)30(27,28)16-6-3-14(21)4-7-16/h3-4,6-7,9-10,12H,2,5,8,11H2,1H3. The fraction of sp³-hybridized carbons (Fsp3) is 0.300. The number of halogens is 3. The van der Waals surface area contributed by atoms with Gasteiger partial charge in [0, 0.05) is 23.4 Å². The molecule has 10 heteroatoms. The number of nitrogens with zero attached hydrogens (tertiary/aromatic N) is 1. The van der Waals surface area contributed by atoms with Crippen molar-refractivity contribution in [3.8, 4) is 5.75 Å². The Morgan fingerprint density at radius 1 is 1.17 bits per heavy atom. The molecular weight excluding hydrogens is 456 g/mol. The minimum absolute atomic E-state index is 0.00395. The molecule has 1 amide bonds. The molecule has 0 aromatic heterocycles. The van der Waals surface area contributed by atoms with Crippen LogP contribution in [0.25, 0.3) is 0 Å². The van der Waals surface area contributed by atoms with Crippen molar-refractivity contribution in [2.75, 3.05) is 13.7 Å². The van der Waals surface area contributed by atoms with E-state index in [9.17, 15) is 22.4 Å². The van der Waals surface area contributed by atoms with Crippen molar-refractivity contribution >= 4 is 44.9 Å². The second-order valence-corrected chi connectivity index (χ2v) is 9.57. The molecule has 1 heterocycles. The van der Waals surface area contributed by atoms with Crippen LogP contribution < -0.4 is 4.74 Å². The summed E-state index contributed by atoms with van der Waals surface area (Å²) in [7, 11) is -2.88. The summed E-state index contributed by atoms with van der Waals surface area (Å²) in [4.78, 5) is 25.2. The Labute approximate surface area is 183 Å². The number of sulfonamides is 1. The van der Waals surface area contributed by atoms with Crippen molar-refractivity contribution < 1.29 is 27.1 Å². The Morgan fingerprint density at radius 2 is 1.83 bits per heavy atom. The lowest BCUT2D eigenvalue weighted by molar-refractivity contribution is -0.131. The molecule has 1 atom stereocenters. The van der Waals surface area contributed by atoms with Crippen molar-refractivity contribution in [2.45, 2.75) is 24.2 Å². The zero-order valence-electron chi connectivity index (χ0n) is 15.9. The van der Waals surface area contributed by atoms with Crippen LogP contribution in [0.3, 0.4) is 0 Å². The zero-order chi connectivity index (χ0) is 22.1. The molecule has 0 aliphatic carbocycles. The molecule has 6 nitrogen and oxygen atoms in total. The smallest absolute Gasteiger partial charge is 0.266 e. The molecule has 0 spiro atoms. The fourth-order valence-electron chi connectivity index (χ4n) is 3.29. The van der Waals surface area contributed by atoms with Crippen molar-refractivity contribution in [2.24, 2.45) is 5.92 Å². The number of ketones is 1. The predicted octanol–water partition coefficient (Wildman–Crippen LogP) is 3.88. The summed E-state index contributed by atoms with van der Waals surface area (Å²) in [5, 5.41) is 0.201. The molecule has 1 aliphatic heterocycles. The lowest BCUT2D eigenvalue weighted by Gasteiger charge is -2.24. The quantitative estimate of drug-likeness (QED) is 0.657. The summed E-state index contributed by atoms with van der Waals surface area (Å²) in [5.41, 5.74) is 0.357. The number of ether oxygens (including phenoxy) is 1. The van der Waals surface area contributed by atoms with Gasteiger partial charge in [-0.2, -0.15) is 0 Å². The first-order valence-corrected chi connectivity index (χ1v) is 11.2. The molecule has 0 N–H and O–H groups in total. The molecule has 1 aliphatic rings. The minimum atomic E-state index is -4.26. The van der Waals surface area contributed by atoms with Gasteiger partial charge < -0.3 is 4.74 Å². The van der Waals surface area contributed by atoms with Crippen LogP contribution in [-0.2, 0) is 26.0 Å². The lowest BCUT2D eigenvalue weighted by Crippen LogP contribution is -2.42. The molecule has 160 valence electrons.